The van der Waals surface area contributed by atoms with Crippen molar-refractivity contribution in [2.45, 2.75) is 5.37 Å². The van der Waals surface area contributed by atoms with Crippen molar-refractivity contribution in [3.8, 4) is 0 Å². The number of hydrazone groups is 1. The van der Waals surface area contributed by atoms with Crippen LogP contribution in [-0.2, 0) is 0 Å². The lowest BCUT2D eigenvalue weighted by atomic mass is 10.1. The molecule has 1 saturated heterocycles. The van der Waals surface area contributed by atoms with E-state index in [9.17, 15) is 10.4 Å². The van der Waals surface area contributed by atoms with E-state index >= 15 is 0 Å². The van der Waals surface area contributed by atoms with Crippen LogP contribution in [0.1, 0.15) is 10.9 Å². The average molecular weight is 326 g/mol. The van der Waals surface area contributed by atoms with Gasteiger partial charge in [0, 0.05) is 17.7 Å². The fraction of sp³-hybridized carbons (Fsp3) is 0.0667. The first-order valence-electron chi connectivity index (χ1n) is 6.96. The standard InChI is InChI=1S/C15H12N5O2S/c21-20(22)12-8-6-10(7-9-12)13-16-17-15-19(13)18-14(23-15)11-4-2-1-3-5-11/h1-9,14,16,18H/q-1. The van der Waals surface area contributed by atoms with Crippen molar-refractivity contribution in [2.24, 2.45) is 5.10 Å². The molecule has 0 amide bonds. The van der Waals surface area contributed by atoms with Crippen molar-refractivity contribution in [1.82, 2.24) is 15.9 Å². The second-order valence-electron chi connectivity index (χ2n) is 5.03. The zero-order valence-corrected chi connectivity index (χ0v) is 12.7. The third-order valence-electron chi connectivity index (χ3n) is 3.60. The number of hydrogen-bond donors (Lipinski definition) is 2. The number of rotatable bonds is 1. The molecule has 3 aliphatic rings. The fourth-order valence-corrected chi connectivity index (χ4v) is 3.46. The normalized spacial score (nSPS) is 22.3. The summed E-state index contributed by atoms with van der Waals surface area (Å²) in [5, 5.41) is 28.6. The molecule has 2 aliphatic heterocycles. The van der Waals surface area contributed by atoms with Crippen LogP contribution in [-0.4, -0.2) is 20.8 Å². The highest BCUT2D eigenvalue weighted by atomic mass is 32.2. The van der Waals surface area contributed by atoms with Gasteiger partial charge in [0.1, 0.15) is 5.37 Å². The summed E-state index contributed by atoms with van der Waals surface area (Å²) in [7, 11) is 0. The quantitative estimate of drug-likeness (QED) is 0.605. The van der Waals surface area contributed by atoms with Crippen LogP contribution in [0.3, 0.4) is 0 Å². The van der Waals surface area contributed by atoms with Crippen molar-refractivity contribution in [1.29, 1.82) is 0 Å². The Morgan fingerprint density at radius 3 is 2.52 bits per heavy atom. The van der Waals surface area contributed by atoms with E-state index in [1.54, 1.807) is 23.9 Å². The highest BCUT2D eigenvalue weighted by Gasteiger charge is 2.36. The molecule has 2 heterocycles. The largest absolute Gasteiger partial charge is 0.612 e. The Morgan fingerprint density at radius 2 is 1.83 bits per heavy atom. The lowest BCUT2D eigenvalue weighted by Crippen LogP contribution is -2.34. The summed E-state index contributed by atoms with van der Waals surface area (Å²) in [5.41, 5.74) is 8.42. The minimum Gasteiger partial charge on any atom is -0.612 e. The first-order valence-corrected chi connectivity index (χ1v) is 7.84. The molecule has 23 heavy (non-hydrogen) atoms. The molecule has 2 N–H and O–H groups in total. The van der Waals surface area contributed by atoms with E-state index in [4.69, 9.17) is 0 Å². The van der Waals surface area contributed by atoms with Gasteiger partial charge in [-0.2, -0.15) is 4.90 Å². The van der Waals surface area contributed by atoms with Crippen LogP contribution < -0.4 is 10.9 Å². The highest BCUT2D eigenvalue weighted by Crippen LogP contribution is 2.38. The lowest BCUT2D eigenvalue weighted by Gasteiger charge is -2.18. The van der Waals surface area contributed by atoms with Gasteiger partial charge in [0.25, 0.3) is 0 Å². The molecule has 0 spiro atoms. The lowest BCUT2D eigenvalue weighted by molar-refractivity contribution is -0.377. The molecular formula is C15H12N5O2S-. The van der Waals surface area contributed by atoms with Crippen molar-refractivity contribution in [3.05, 3.63) is 82.0 Å². The van der Waals surface area contributed by atoms with Crippen molar-refractivity contribution in [3.63, 3.8) is 0 Å². The zero-order valence-electron chi connectivity index (χ0n) is 11.8. The number of allylic oxidation sites excluding steroid dienone is 5. The van der Waals surface area contributed by atoms with Crippen molar-refractivity contribution < 1.29 is 4.90 Å². The molecule has 1 aromatic rings. The molecule has 1 unspecified atom stereocenters. The number of benzene rings is 1. The Balaban J connectivity index is 1.59. The molecular weight excluding hydrogens is 314 g/mol. The molecule has 116 valence electrons. The van der Waals surface area contributed by atoms with Crippen LogP contribution in [0.2, 0.25) is 0 Å². The first kappa shape index (κ1) is 13.9. The van der Waals surface area contributed by atoms with Crippen molar-refractivity contribution in [2.75, 3.05) is 0 Å². The molecule has 1 atom stereocenters. The maximum atomic E-state index is 10.8. The van der Waals surface area contributed by atoms with E-state index in [0.717, 1.165) is 22.1 Å². The topological polar surface area (TPSA) is 88.8 Å². The summed E-state index contributed by atoms with van der Waals surface area (Å²) in [4.78, 5) is -0.409. The van der Waals surface area contributed by atoms with E-state index in [-0.39, 0.29) is 11.1 Å². The predicted octanol–water partition coefficient (Wildman–Crippen LogP) is 1.90. The van der Waals surface area contributed by atoms with E-state index in [1.807, 2.05) is 23.2 Å². The summed E-state index contributed by atoms with van der Waals surface area (Å²) < 4.78 is 0. The van der Waals surface area contributed by atoms with Crippen LogP contribution in [0, 0.1) is 10.4 Å². The zero-order chi connectivity index (χ0) is 15.8. The number of amidine groups is 1. The van der Waals surface area contributed by atoms with Gasteiger partial charge in [-0.15, -0.1) is 5.10 Å². The summed E-state index contributed by atoms with van der Waals surface area (Å²) in [6, 6.07) is 10.1. The molecule has 0 saturated carbocycles. The van der Waals surface area contributed by atoms with Crippen LogP contribution in [0.5, 0.6) is 0 Å². The van der Waals surface area contributed by atoms with Crippen LogP contribution >= 0.6 is 11.8 Å². The summed E-state index contributed by atoms with van der Waals surface area (Å²) in [6.45, 7) is 0. The van der Waals surface area contributed by atoms with Gasteiger partial charge in [0.2, 0.25) is 10.9 Å². The van der Waals surface area contributed by atoms with E-state index < -0.39 is 4.90 Å². The summed E-state index contributed by atoms with van der Waals surface area (Å²) >= 11 is 1.61. The smallest absolute Gasteiger partial charge is 0.222 e. The fourth-order valence-electron chi connectivity index (χ4n) is 2.45. The third kappa shape index (κ3) is 2.47. The molecule has 4 rings (SSSR count). The van der Waals surface area contributed by atoms with Crippen LogP contribution in [0.25, 0.3) is 0 Å². The molecule has 0 aromatic heterocycles. The number of nitrogens with zero attached hydrogens (tertiary/aromatic N) is 3. The summed E-state index contributed by atoms with van der Waals surface area (Å²) in [6.07, 6.45) is 6.39. The van der Waals surface area contributed by atoms with Gasteiger partial charge in [0.15, 0.2) is 5.82 Å². The molecule has 0 bridgehead atoms. The van der Waals surface area contributed by atoms with Gasteiger partial charge in [-0.25, -0.2) is 10.4 Å². The maximum Gasteiger partial charge on any atom is 0.222 e. The Bertz CT molecular complexity index is 775. The Hall–Kier alpha value is -2.71. The molecule has 0 radical (unpaired) electrons. The minimum absolute atomic E-state index is 0.0689. The molecule has 7 nitrogen and oxygen atoms in total. The number of thioether (sulfide) groups is 1. The highest BCUT2D eigenvalue weighted by molar-refractivity contribution is 8.14. The molecule has 1 aromatic carbocycles. The first-order chi connectivity index (χ1) is 11.2. The van der Waals surface area contributed by atoms with Gasteiger partial charge >= 0.3 is 0 Å². The Morgan fingerprint density at radius 1 is 1.09 bits per heavy atom. The predicted molar refractivity (Wildman–Crippen MR) is 89.6 cm³/mol. The molecule has 1 aliphatic carbocycles. The van der Waals surface area contributed by atoms with E-state index in [2.05, 4.69) is 28.1 Å². The van der Waals surface area contributed by atoms with Crippen LogP contribution in [0.4, 0.5) is 0 Å². The van der Waals surface area contributed by atoms with E-state index in [1.165, 1.54) is 12.2 Å². The second-order valence-corrected chi connectivity index (χ2v) is 6.10. The maximum absolute atomic E-state index is 10.8. The number of hydrogen-bond acceptors (Lipinski definition) is 7. The molecule has 8 heteroatoms. The number of hydrazine groups is 1. The monoisotopic (exact) mass is 326 g/mol. The number of nitrogens with one attached hydrogen (secondary N) is 2. The van der Waals surface area contributed by atoms with Gasteiger partial charge in [-0.05, 0) is 17.7 Å². The van der Waals surface area contributed by atoms with Gasteiger partial charge in [0.05, 0.1) is 0 Å². The van der Waals surface area contributed by atoms with Crippen molar-refractivity contribution >= 4 is 22.6 Å². The van der Waals surface area contributed by atoms with Gasteiger partial charge in [-0.3, -0.25) is 5.43 Å². The van der Waals surface area contributed by atoms with E-state index in [0.29, 0.717) is 0 Å². The SMILES string of the molecule is [O-][N+]([O-])=C1C=CC(=C2NN=C3SC(c4ccccc4)NN32)C=C1. The van der Waals surface area contributed by atoms with Crippen LogP contribution in [0.15, 0.2) is 71.1 Å². The molecule has 1 fully saturated rings. The summed E-state index contributed by atoms with van der Waals surface area (Å²) in [5.74, 6) is 0.765. The average Bonchev–Trinajstić information content (AvgIpc) is 3.16. The van der Waals surface area contributed by atoms with Gasteiger partial charge in [-0.1, -0.05) is 42.1 Å². The second kappa shape index (κ2) is 5.49. The third-order valence-corrected chi connectivity index (χ3v) is 4.69. The minimum atomic E-state index is -0.409. The number of fused-ring (bicyclic) bond motifs is 1. The Kier molecular flexibility index (Phi) is 3.32. The van der Waals surface area contributed by atoms with Gasteiger partial charge < -0.3 is 10.4 Å². The Labute approximate surface area is 136 Å².